The van der Waals surface area contributed by atoms with Crippen LogP contribution < -0.4 is 5.73 Å². The molecule has 3 N–H and O–H groups in total. The van der Waals surface area contributed by atoms with E-state index in [1.807, 2.05) is 0 Å². The lowest BCUT2D eigenvalue weighted by Crippen LogP contribution is -2.70. The Morgan fingerprint density at radius 2 is 2.25 bits per heavy atom. The average Bonchev–Trinajstić information content (AvgIpc) is 1.61. The first kappa shape index (κ1) is 5.82. The Kier molecular flexibility index (Phi) is 1.38. The Bertz CT molecular complexity index is 115. The lowest BCUT2D eigenvalue weighted by molar-refractivity contribution is -0.447. The highest BCUT2D eigenvalue weighted by molar-refractivity contribution is 6.58. The average molecular weight is 110 g/mol. The second kappa shape index (κ2) is 1.90. The predicted octanol–water partition coefficient (Wildman–Crippen LogP) is -1.30. The Morgan fingerprint density at radius 3 is 2.25 bits per heavy atom. The van der Waals surface area contributed by atoms with E-state index in [4.69, 9.17) is 7.85 Å². The number of carbonyl (C=O) groups is 1. The van der Waals surface area contributed by atoms with Crippen LogP contribution in [0.5, 0.6) is 0 Å². The van der Waals surface area contributed by atoms with Gasteiger partial charge in [-0.1, -0.05) is 0 Å². The van der Waals surface area contributed by atoms with Crippen LogP contribution in [0.4, 0.5) is 0 Å². The van der Waals surface area contributed by atoms with Crippen molar-refractivity contribution in [2.24, 2.45) is 5.92 Å². The molecule has 2 radical (unpaired) electrons. The summed E-state index contributed by atoms with van der Waals surface area (Å²) in [6, 6.07) is 0.299. The van der Waals surface area contributed by atoms with E-state index in [1.54, 1.807) is 0 Å². The van der Waals surface area contributed by atoms with Crippen molar-refractivity contribution >= 4 is 13.5 Å². The molecular weight excluding hydrogens is 101 g/mol. The molecule has 2 nitrogen and oxygen atoms in total. The van der Waals surface area contributed by atoms with Crippen molar-refractivity contribution in [1.82, 2.24) is 0 Å². The van der Waals surface area contributed by atoms with Crippen molar-refractivity contribution in [2.45, 2.75) is 18.9 Å². The highest BCUT2D eigenvalue weighted by Crippen LogP contribution is 2.23. The second-order valence-electron chi connectivity index (χ2n) is 2.35. The maximum Gasteiger partial charge on any atom is 0.168 e. The van der Waals surface area contributed by atoms with Gasteiger partial charge in [0.05, 0.1) is 17.6 Å². The molecule has 1 fully saturated rings. The maximum absolute atomic E-state index is 10.4. The third-order valence-electron chi connectivity index (χ3n) is 1.78. The molecule has 1 aliphatic rings. The zero-order valence-corrected chi connectivity index (χ0v) is 4.76. The summed E-state index contributed by atoms with van der Waals surface area (Å²) in [4.78, 5) is 10.4. The van der Waals surface area contributed by atoms with Gasteiger partial charge in [0, 0.05) is 6.42 Å². The van der Waals surface area contributed by atoms with Gasteiger partial charge in [-0.15, -0.1) is 0 Å². The van der Waals surface area contributed by atoms with Gasteiger partial charge in [-0.05, 0) is 6.42 Å². The quantitative estimate of drug-likeness (QED) is 0.419. The van der Waals surface area contributed by atoms with E-state index < -0.39 is 0 Å². The highest BCUT2D eigenvalue weighted by Gasteiger charge is 2.33. The number of quaternary nitrogens is 1. The lowest BCUT2D eigenvalue weighted by Gasteiger charge is -2.27. The van der Waals surface area contributed by atoms with E-state index in [0.29, 0.717) is 6.04 Å². The van der Waals surface area contributed by atoms with Gasteiger partial charge in [0.15, 0.2) is 7.85 Å². The van der Waals surface area contributed by atoms with Crippen LogP contribution >= 0.6 is 0 Å². The van der Waals surface area contributed by atoms with Crippen molar-refractivity contribution in [1.29, 1.82) is 0 Å². The first-order valence-corrected chi connectivity index (χ1v) is 2.84. The van der Waals surface area contributed by atoms with Gasteiger partial charge in [0.2, 0.25) is 0 Å². The standard InChI is InChI=1S/C5H8BNO/c6-5(8)3-1-2-4(3)7/h3-4H,1-2,7H2/p+1. The van der Waals surface area contributed by atoms with Gasteiger partial charge >= 0.3 is 0 Å². The third kappa shape index (κ3) is 0.779. The van der Waals surface area contributed by atoms with Crippen LogP contribution in [-0.2, 0) is 4.79 Å². The summed E-state index contributed by atoms with van der Waals surface area (Å²) in [6.45, 7) is 0. The van der Waals surface area contributed by atoms with Crippen molar-refractivity contribution in [3.63, 3.8) is 0 Å². The van der Waals surface area contributed by atoms with Crippen LogP contribution in [-0.4, -0.2) is 19.6 Å². The van der Waals surface area contributed by atoms with E-state index >= 15 is 0 Å². The SMILES string of the molecule is [B]C(=O)C1CCC1[NH3+]. The summed E-state index contributed by atoms with van der Waals surface area (Å²) in [6.07, 6.45) is 2.01. The molecule has 2 unspecified atom stereocenters. The molecule has 0 saturated heterocycles. The van der Waals surface area contributed by atoms with Gasteiger partial charge in [-0.2, -0.15) is 0 Å². The van der Waals surface area contributed by atoms with E-state index in [2.05, 4.69) is 5.73 Å². The molecule has 0 bridgehead atoms. The minimum Gasteiger partial charge on any atom is -0.355 e. The van der Waals surface area contributed by atoms with Crippen LogP contribution in [0.1, 0.15) is 12.8 Å². The summed E-state index contributed by atoms with van der Waals surface area (Å²) >= 11 is 0. The fourth-order valence-corrected chi connectivity index (χ4v) is 0.944. The van der Waals surface area contributed by atoms with Crippen LogP contribution in [0.3, 0.4) is 0 Å². The number of hydrogen-bond acceptors (Lipinski definition) is 1. The lowest BCUT2D eigenvalue weighted by atomic mass is 9.71. The summed E-state index contributed by atoms with van der Waals surface area (Å²) in [5, 5.41) is 0. The Morgan fingerprint density at radius 1 is 1.62 bits per heavy atom. The number of rotatable bonds is 1. The molecule has 0 aromatic rings. The third-order valence-corrected chi connectivity index (χ3v) is 1.78. The van der Waals surface area contributed by atoms with Crippen molar-refractivity contribution in [3.8, 4) is 0 Å². The van der Waals surface area contributed by atoms with Crippen LogP contribution in [0.25, 0.3) is 0 Å². The summed E-state index contributed by atoms with van der Waals surface area (Å²) in [7, 11) is 5.01. The molecule has 8 heavy (non-hydrogen) atoms. The van der Waals surface area contributed by atoms with Gasteiger partial charge in [0.25, 0.3) is 0 Å². The van der Waals surface area contributed by atoms with Crippen molar-refractivity contribution < 1.29 is 10.5 Å². The Balaban J connectivity index is 2.37. The zero-order valence-electron chi connectivity index (χ0n) is 4.76. The fraction of sp³-hybridized carbons (Fsp3) is 0.800. The molecular formula is C5H9BNO+. The molecule has 0 spiro atoms. The van der Waals surface area contributed by atoms with E-state index in [0.717, 1.165) is 12.8 Å². The summed E-state index contributed by atoms with van der Waals surface area (Å²) in [5.74, 6) is 0.0787. The molecule has 1 rings (SSSR count). The Hall–Kier alpha value is -0.305. The van der Waals surface area contributed by atoms with E-state index in [9.17, 15) is 4.79 Å². The molecule has 3 heteroatoms. The van der Waals surface area contributed by atoms with Gasteiger partial charge < -0.3 is 10.5 Å². The van der Waals surface area contributed by atoms with Gasteiger partial charge in [-0.3, -0.25) is 0 Å². The van der Waals surface area contributed by atoms with Crippen LogP contribution in [0.2, 0.25) is 0 Å². The predicted molar refractivity (Wildman–Crippen MR) is 30.2 cm³/mol. The minimum absolute atomic E-state index is 0.0787. The first-order valence-electron chi connectivity index (χ1n) is 2.84. The van der Waals surface area contributed by atoms with E-state index in [1.165, 1.54) is 0 Å². The van der Waals surface area contributed by atoms with Gasteiger partial charge in [0.1, 0.15) is 0 Å². The maximum atomic E-state index is 10.4. The van der Waals surface area contributed by atoms with Crippen molar-refractivity contribution in [2.75, 3.05) is 0 Å². The highest BCUT2D eigenvalue weighted by atomic mass is 16.1. The first-order chi connectivity index (χ1) is 3.72. The molecule has 2 atom stereocenters. The topological polar surface area (TPSA) is 44.7 Å². The van der Waals surface area contributed by atoms with Gasteiger partial charge in [-0.25, -0.2) is 0 Å². The molecule has 0 amide bonds. The number of carbonyl (C=O) groups excluding carboxylic acids is 1. The van der Waals surface area contributed by atoms with Crippen molar-refractivity contribution in [3.05, 3.63) is 0 Å². The second-order valence-corrected chi connectivity index (χ2v) is 2.35. The fourth-order valence-electron chi connectivity index (χ4n) is 0.944. The normalized spacial score (nSPS) is 36.1. The molecule has 0 aromatic heterocycles. The molecule has 1 aliphatic carbocycles. The Labute approximate surface area is 49.8 Å². The van der Waals surface area contributed by atoms with E-state index in [-0.39, 0.29) is 11.6 Å². The smallest absolute Gasteiger partial charge is 0.168 e. The summed E-state index contributed by atoms with van der Waals surface area (Å²) < 4.78 is 0. The molecule has 0 heterocycles. The molecule has 0 aromatic carbocycles. The zero-order chi connectivity index (χ0) is 6.15. The monoisotopic (exact) mass is 110 g/mol. The van der Waals surface area contributed by atoms with Crippen LogP contribution in [0, 0.1) is 5.92 Å². The molecule has 0 aliphatic heterocycles. The molecule has 42 valence electrons. The molecule has 1 saturated carbocycles. The summed E-state index contributed by atoms with van der Waals surface area (Å²) in [5.41, 5.74) is 3.56. The minimum atomic E-state index is -0.184. The largest absolute Gasteiger partial charge is 0.355 e. The number of hydrogen-bond donors (Lipinski definition) is 1. The van der Waals surface area contributed by atoms with Crippen LogP contribution in [0.15, 0.2) is 0 Å².